The Morgan fingerprint density at radius 3 is 2.68 bits per heavy atom. The Bertz CT molecular complexity index is 1320. The Hall–Kier alpha value is -3.01. The molecule has 37 heavy (non-hydrogen) atoms. The Balaban J connectivity index is 1.31. The maximum absolute atomic E-state index is 13.4. The molecule has 8 nitrogen and oxygen atoms in total. The van der Waals surface area contributed by atoms with Crippen LogP contribution in [0.4, 0.5) is 0 Å². The van der Waals surface area contributed by atoms with Crippen molar-refractivity contribution in [2.45, 2.75) is 56.0 Å². The molecule has 5 rings (SSSR count). The Kier molecular flexibility index (Phi) is 7.46. The monoisotopic (exact) mass is 522 g/mol. The highest BCUT2D eigenvalue weighted by atomic mass is 32.2. The van der Waals surface area contributed by atoms with Crippen LogP contribution in [0.15, 0.2) is 53.4 Å². The van der Waals surface area contributed by atoms with Crippen molar-refractivity contribution in [3.63, 3.8) is 0 Å². The predicted octanol–water partition coefficient (Wildman–Crippen LogP) is 2.44. The summed E-state index contributed by atoms with van der Waals surface area (Å²) in [6, 6.07) is 11.8. The van der Waals surface area contributed by atoms with E-state index < -0.39 is 22.0 Å². The number of nitrogens with one attached hydrogen (secondary N) is 3. The number of hydrogen-bond acceptors (Lipinski definition) is 5. The van der Waals surface area contributed by atoms with E-state index in [4.69, 9.17) is 0 Å². The van der Waals surface area contributed by atoms with Crippen LogP contribution in [0.1, 0.15) is 54.0 Å². The van der Waals surface area contributed by atoms with Gasteiger partial charge in [-0.2, -0.15) is 4.31 Å². The molecule has 3 aliphatic rings. The van der Waals surface area contributed by atoms with Gasteiger partial charge >= 0.3 is 0 Å². The molecule has 1 aliphatic carbocycles. The molecule has 0 saturated carbocycles. The van der Waals surface area contributed by atoms with Gasteiger partial charge in [-0.1, -0.05) is 42.0 Å². The van der Waals surface area contributed by atoms with Crippen LogP contribution < -0.4 is 16.0 Å². The number of carbonyl (C=O) groups excluding carboxylic acids is 2. The van der Waals surface area contributed by atoms with Crippen molar-refractivity contribution in [3.8, 4) is 0 Å². The van der Waals surface area contributed by atoms with Gasteiger partial charge in [-0.15, -0.1) is 0 Å². The van der Waals surface area contributed by atoms with Gasteiger partial charge in [-0.05, 0) is 73.5 Å². The molecule has 3 N–H and O–H groups in total. The zero-order valence-corrected chi connectivity index (χ0v) is 21.9. The first kappa shape index (κ1) is 25.6. The van der Waals surface area contributed by atoms with Crippen LogP contribution in [0.5, 0.6) is 0 Å². The number of carbonyl (C=O) groups is 2. The summed E-state index contributed by atoms with van der Waals surface area (Å²) in [5, 5.41) is 9.16. The molecule has 196 valence electrons. The van der Waals surface area contributed by atoms with E-state index >= 15 is 0 Å². The van der Waals surface area contributed by atoms with Crippen LogP contribution in [0.2, 0.25) is 0 Å². The van der Waals surface area contributed by atoms with E-state index in [1.807, 2.05) is 6.92 Å². The van der Waals surface area contributed by atoms with E-state index in [9.17, 15) is 18.0 Å². The fourth-order valence-electron chi connectivity index (χ4n) is 5.50. The highest BCUT2D eigenvalue weighted by Crippen LogP contribution is 2.33. The lowest BCUT2D eigenvalue weighted by molar-refractivity contribution is -0.132. The third kappa shape index (κ3) is 5.49. The third-order valence-electron chi connectivity index (χ3n) is 7.52. The first-order valence-corrected chi connectivity index (χ1v) is 14.5. The van der Waals surface area contributed by atoms with Crippen LogP contribution in [0.25, 0.3) is 5.57 Å². The molecule has 0 radical (unpaired) electrons. The Morgan fingerprint density at radius 1 is 1.11 bits per heavy atom. The molecule has 2 amide bonds. The molecular formula is C28H34N4O4S. The Labute approximate surface area is 218 Å². The first-order valence-electron chi connectivity index (χ1n) is 13.0. The van der Waals surface area contributed by atoms with Gasteiger partial charge in [-0.3, -0.25) is 9.59 Å². The molecule has 1 saturated heterocycles. The van der Waals surface area contributed by atoms with Gasteiger partial charge in [0.05, 0.1) is 17.4 Å². The summed E-state index contributed by atoms with van der Waals surface area (Å²) >= 11 is 0. The molecule has 9 heteroatoms. The predicted molar refractivity (Wildman–Crippen MR) is 142 cm³/mol. The van der Waals surface area contributed by atoms with Crippen molar-refractivity contribution >= 4 is 27.4 Å². The number of piperazine rings is 1. The van der Waals surface area contributed by atoms with Crippen LogP contribution in [-0.4, -0.2) is 56.8 Å². The molecule has 1 unspecified atom stereocenters. The lowest BCUT2D eigenvalue weighted by Crippen LogP contribution is -2.58. The average Bonchev–Trinajstić information content (AvgIpc) is 2.90. The highest BCUT2D eigenvalue weighted by Gasteiger charge is 2.40. The summed E-state index contributed by atoms with van der Waals surface area (Å²) in [5.41, 5.74) is 5.88. The van der Waals surface area contributed by atoms with Gasteiger partial charge in [0.2, 0.25) is 21.8 Å². The number of aryl methyl sites for hydroxylation is 2. The fraction of sp³-hybridized carbons (Fsp3) is 0.429. The maximum atomic E-state index is 13.4. The van der Waals surface area contributed by atoms with Crippen molar-refractivity contribution in [2.24, 2.45) is 0 Å². The summed E-state index contributed by atoms with van der Waals surface area (Å²) in [5.74, 6) is -0.768. The molecule has 2 heterocycles. The van der Waals surface area contributed by atoms with Gasteiger partial charge in [0, 0.05) is 19.6 Å². The van der Waals surface area contributed by atoms with Crippen molar-refractivity contribution in [2.75, 3.05) is 26.2 Å². The standard InChI is InChI=1S/C28H34N4O4S/c1-19-5-8-23(9-6-19)37(35,36)32-16-15-30-28(34)26(32)18-27(33)31-25-4-2-3-22-17-21(7-10-24(22)25)20-11-13-29-14-12-20/h5-11,17,25-26,29H,2-4,12-16,18H2,1H3,(H,30,34)(H,31,33)/t25-,26?/m1/s1. The SMILES string of the molecule is Cc1ccc(S(=O)(=O)N2CCNC(=O)C2CC(=O)N[C@@H]2CCCc3cc(C4=CCNCC4)ccc32)cc1. The molecule has 2 atom stereocenters. The molecule has 2 aliphatic heterocycles. The van der Waals surface area contributed by atoms with E-state index in [1.54, 1.807) is 24.3 Å². The quantitative estimate of drug-likeness (QED) is 0.540. The number of benzene rings is 2. The molecule has 2 aromatic rings. The van der Waals surface area contributed by atoms with Gasteiger partial charge in [0.25, 0.3) is 0 Å². The minimum Gasteiger partial charge on any atom is -0.353 e. The molecule has 0 bridgehead atoms. The smallest absolute Gasteiger partial charge is 0.243 e. The molecule has 0 aromatic heterocycles. The number of sulfonamides is 1. The van der Waals surface area contributed by atoms with Crippen LogP contribution in [0, 0.1) is 6.92 Å². The first-order chi connectivity index (χ1) is 17.8. The van der Waals surface area contributed by atoms with E-state index in [0.717, 1.165) is 49.9 Å². The van der Waals surface area contributed by atoms with Crippen LogP contribution in [-0.2, 0) is 26.0 Å². The van der Waals surface area contributed by atoms with E-state index in [2.05, 4.69) is 40.2 Å². The number of amides is 2. The van der Waals surface area contributed by atoms with Crippen molar-refractivity contribution < 1.29 is 18.0 Å². The zero-order chi connectivity index (χ0) is 26.0. The van der Waals surface area contributed by atoms with Crippen molar-refractivity contribution in [3.05, 3.63) is 70.8 Å². The lowest BCUT2D eigenvalue weighted by atomic mass is 9.85. The molecule has 1 fully saturated rings. The second-order valence-electron chi connectivity index (χ2n) is 10.0. The summed E-state index contributed by atoms with van der Waals surface area (Å²) in [6.45, 7) is 4.09. The van der Waals surface area contributed by atoms with Gasteiger partial charge < -0.3 is 16.0 Å². The minimum absolute atomic E-state index is 0.124. The number of rotatable bonds is 6. The number of fused-ring (bicyclic) bond motifs is 1. The number of hydrogen-bond donors (Lipinski definition) is 3. The summed E-state index contributed by atoms with van der Waals surface area (Å²) in [6.07, 6.45) is 5.76. The maximum Gasteiger partial charge on any atom is 0.243 e. The second kappa shape index (κ2) is 10.8. The lowest BCUT2D eigenvalue weighted by Gasteiger charge is -2.34. The second-order valence-corrected chi connectivity index (χ2v) is 11.9. The summed E-state index contributed by atoms with van der Waals surface area (Å²) in [4.78, 5) is 26.0. The zero-order valence-electron chi connectivity index (χ0n) is 21.1. The summed E-state index contributed by atoms with van der Waals surface area (Å²) < 4.78 is 27.9. The fourth-order valence-corrected chi connectivity index (χ4v) is 7.09. The topological polar surface area (TPSA) is 108 Å². The normalized spacial score (nSPS) is 22.5. The van der Waals surface area contributed by atoms with Crippen LogP contribution in [0.3, 0.4) is 0 Å². The van der Waals surface area contributed by atoms with Crippen molar-refractivity contribution in [1.82, 2.24) is 20.3 Å². The molecule has 2 aromatic carbocycles. The Morgan fingerprint density at radius 2 is 1.92 bits per heavy atom. The van der Waals surface area contributed by atoms with E-state index in [-0.39, 0.29) is 36.4 Å². The van der Waals surface area contributed by atoms with Gasteiger partial charge in [0.1, 0.15) is 6.04 Å². The van der Waals surface area contributed by atoms with Gasteiger partial charge in [0.15, 0.2) is 0 Å². The third-order valence-corrected chi connectivity index (χ3v) is 9.44. The van der Waals surface area contributed by atoms with Gasteiger partial charge in [-0.25, -0.2) is 8.42 Å². The number of nitrogens with zero attached hydrogens (tertiary/aromatic N) is 1. The van der Waals surface area contributed by atoms with E-state index in [1.165, 1.54) is 21.0 Å². The summed E-state index contributed by atoms with van der Waals surface area (Å²) in [7, 11) is -3.92. The largest absolute Gasteiger partial charge is 0.353 e. The van der Waals surface area contributed by atoms with E-state index in [0.29, 0.717) is 0 Å². The highest BCUT2D eigenvalue weighted by molar-refractivity contribution is 7.89. The minimum atomic E-state index is -3.92. The van der Waals surface area contributed by atoms with Crippen molar-refractivity contribution in [1.29, 1.82) is 0 Å². The molecular weight excluding hydrogens is 488 g/mol. The van der Waals surface area contributed by atoms with Crippen LogP contribution >= 0.6 is 0 Å². The average molecular weight is 523 g/mol. The molecule has 0 spiro atoms.